The summed E-state index contributed by atoms with van der Waals surface area (Å²) in [5.41, 5.74) is 2.04. The number of rotatable bonds is 4. The molecule has 0 aliphatic carbocycles. The van der Waals surface area contributed by atoms with E-state index in [9.17, 15) is 10.2 Å². The van der Waals surface area contributed by atoms with E-state index in [1.54, 1.807) is 0 Å². The third-order valence-corrected chi connectivity index (χ3v) is 4.34. The van der Waals surface area contributed by atoms with Crippen molar-refractivity contribution >= 4 is 21.5 Å². The lowest BCUT2D eigenvalue weighted by Crippen LogP contribution is -2.16. The maximum Gasteiger partial charge on any atom is 0.186 e. The highest BCUT2D eigenvalue weighted by Crippen LogP contribution is 2.40. The number of aliphatic hydroxyl groups excluding tert-OH is 1. The van der Waals surface area contributed by atoms with E-state index < -0.39 is 6.29 Å². The van der Waals surface area contributed by atoms with Crippen molar-refractivity contribution in [3.8, 4) is 16.9 Å². The van der Waals surface area contributed by atoms with E-state index in [-0.39, 0.29) is 6.61 Å². The summed E-state index contributed by atoms with van der Waals surface area (Å²) >= 11 is 0. The van der Waals surface area contributed by atoms with Gasteiger partial charge in [-0.1, -0.05) is 72.8 Å². The van der Waals surface area contributed by atoms with Gasteiger partial charge in [0.25, 0.3) is 0 Å². The molecular formula is C22H18O3. The maximum atomic E-state index is 9.19. The van der Waals surface area contributed by atoms with Gasteiger partial charge in [0.1, 0.15) is 12.4 Å². The molecule has 124 valence electrons. The summed E-state index contributed by atoms with van der Waals surface area (Å²) in [5.74, 6) is 0.642. The fourth-order valence-corrected chi connectivity index (χ4v) is 3.26. The van der Waals surface area contributed by atoms with Crippen LogP contribution in [0.1, 0.15) is 0 Å². The Hall–Kier alpha value is -2.88. The van der Waals surface area contributed by atoms with Crippen LogP contribution in [0.5, 0.6) is 5.75 Å². The second-order valence-electron chi connectivity index (χ2n) is 5.98. The van der Waals surface area contributed by atoms with Gasteiger partial charge in [0.2, 0.25) is 0 Å². The fraction of sp³-hybridized carbons (Fsp3) is 0.0909. The molecule has 0 amide bonds. The molecule has 0 radical (unpaired) electrons. The standard InChI is InChI=1S/C22H18O3/c23-21(24)14-25-20-13-12-16-7-2-4-10-18(16)22(20)19-11-5-8-15-6-1-3-9-17(15)19/h1-13,21,23-24H,14H2. The molecule has 0 spiro atoms. The minimum Gasteiger partial charge on any atom is -0.488 e. The predicted molar refractivity (Wildman–Crippen MR) is 101 cm³/mol. The summed E-state index contributed by atoms with van der Waals surface area (Å²) < 4.78 is 5.71. The van der Waals surface area contributed by atoms with Crippen LogP contribution in [0.25, 0.3) is 32.7 Å². The monoisotopic (exact) mass is 330 g/mol. The first kappa shape index (κ1) is 15.6. The minimum absolute atomic E-state index is 0.171. The molecule has 3 nitrogen and oxygen atoms in total. The van der Waals surface area contributed by atoms with Gasteiger partial charge in [0, 0.05) is 5.56 Å². The molecule has 3 heteroatoms. The number of benzene rings is 4. The highest BCUT2D eigenvalue weighted by Gasteiger charge is 2.14. The quantitative estimate of drug-likeness (QED) is 0.547. The smallest absolute Gasteiger partial charge is 0.186 e. The number of ether oxygens (including phenoxy) is 1. The SMILES string of the molecule is OC(O)COc1ccc2ccccc2c1-c1cccc2ccccc12. The lowest BCUT2D eigenvalue weighted by atomic mass is 9.93. The van der Waals surface area contributed by atoms with Gasteiger partial charge < -0.3 is 14.9 Å². The van der Waals surface area contributed by atoms with E-state index in [1.165, 1.54) is 0 Å². The zero-order chi connectivity index (χ0) is 17.2. The van der Waals surface area contributed by atoms with E-state index >= 15 is 0 Å². The zero-order valence-corrected chi connectivity index (χ0v) is 13.6. The molecule has 4 aromatic carbocycles. The first-order chi connectivity index (χ1) is 12.2. The Bertz CT molecular complexity index is 1030. The van der Waals surface area contributed by atoms with Crippen molar-refractivity contribution in [1.29, 1.82) is 0 Å². The van der Waals surface area contributed by atoms with E-state index in [4.69, 9.17) is 4.74 Å². The normalized spacial score (nSPS) is 11.3. The Kier molecular flexibility index (Phi) is 4.10. The van der Waals surface area contributed by atoms with Crippen LogP contribution in [-0.4, -0.2) is 23.1 Å². The van der Waals surface area contributed by atoms with E-state index in [1.807, 2.05) is 42.5 Å². The molecule has 0 atom stereocenters. The molecular weight excluding hydrogens is 312 g/mol. The molecule has 0 aromatic heterocycles. The molecule has 2 N–H and O–H groups in total. The Morgan fingerprint density at radius 3 is 2.08 bits per heavy atom. The van der Waals surface area contributed by atoms with Crippen LogP contribution >= 0.6 is 0 Å². The molecule has 0 saturated heterocycles. The van der Waals surface area contributed by atoms with Crippen LogP contribution in [0, 0.1) is 0 Å². The first-order valence-corrected chi connectivity index (χ1v) is 8.23. The molecule has 0 aliphatic heterocycles. The third-order valence-electron chi connectivity index (χ3n) is 4.34. The van der Waals surface area contributed by atoms with Gasteiger partial charge >= 0.3 is 0 Å². The van der Waals surface area contributed by atoms with Crippen LogP contribution in [-0.2, 0) is 0 Å². The number of aliphatic hydroxyl groups is 2. The topological polar surface area (TPSA) is 49.7 Å². The molecule has 4 aromatic rings. The molecule has 0 unspecified atom stereocenters. The van der Waals surface area contributed by atoms with E-state index in [0.29, 0.717) is 5.75 Å². The van der Waals surface area contributed by atoms with Gasteiger partial charge in [-0.15, -0.1) is 0 Å². The van der Waals surface area contributed by atoms with Crippen molar-refractivity contribution in [1.82, 2.24) is 0 Å². The molecule has 0 aliphatic rings. The summed E-state index contributed by atoms with van der Waals surface area (Å²) in [4.78, 5) is 0. The molecule has 0 saturated carbocycles. The number of fused-ring (bicyclic) bond motifs is 2. The molecule has 25 heavy (non-hydrogen) atoms. The van der Waals surface area contributed by atoms with Gasteiger partial charge in [0.15, 0.2) is 6.29 Å². The average molecular weight is 330 g/mol. The second kappa shape index (κ2) is 6.55. The third kappa shape index (κ3) is 2.95. The Labute approximate surface area is 145 Å². The van der Waals surface area contributed by atoms with Crippen LogP contribution in [0.15, 0.2) is 78.9 Å². The van der Waals surface area contributed by atoms with Crippen LogP contribution < -0.4 is 4.74 Å². The zero-order valence-electron chi connectivity index (χ0n) is 13.6. The largest absolute Gasteiger partial charge is 0.488 e. The molecule has 0 heterocycles. The summed E-state index contributed by atoms with van der Waals surface area (Å²) in [5, 5.41) is 22.9. The van der Waals surface area contributed by atoms with Crippen LogP contribution in [0.2, 0.25) is 0 Å². The highest BCUT2D eigenvalue weighted by molar-refractivity contribution is 6.07. The Balaban J connectivity index is 2.02. The lowest BCUT2D eigenvalue weighted by molar-refractivity contribution is -0.0679. The van der Waals surface area contributed by atoms with Crippen molar-refractivity contribution in [2.45, 2.75) is 6.29 Å². The average Bonchev–Trinajstić information content (AvgIpc) is 2.65. The summed E-state index contributed by atoms with van der Waals surface area (Å²) in [6.45, 7) is -0.171. The molecule has 0 bridgehead atoms. The fourth-order valence-electron chi connectivity index (χ4n) is 3.26. The van der Waals surface area contributed by atoms with Gasteiger partial charge in [-0.25, -0.2) is 0 Å². The molecule has 4 rings (SSSR count). The van der Waals surface area contributed by atoms with Gasteiger partial charge in [-0.3, -0.25) is 0 Å². The van der Waals surface area contributed by atoms with Crippen molar-refractivity contribution in [3.63, 3.8) is 0 Å². The van der Waals surface area contributed by atoms with Gasteiger partial charge in [-0.2, -0.15) is 0 Å². The Morgan fingerprint density at radius 1 is 0.680 bits per heavy atom. The predicted octanol–water partition coefficient (Wildman–Crippen LogP) is 4.35. The van der Waals surface area contributed by atoms with Crippen molar-refractivity contribution in [2.75, 3.05) is 6.61 Å². The highest BCUT2D eigenvalue weighted by atomic mass is 16.5. The summed E-state index contributed by atoms with van der Waals surface area (Å²) in [6.07, 6.45) is -1.51. The van der Waals surface area contributed by atoms with E-state index in [2.05, 4.69) is 36.4 Å². The second-order valence-corrected chi connectivity index (χ2v) is 5.98. The number of hydrogen-bond acceptors (Lipinski definition) is 3. The molecule has 0 fully saturated rings. The van der Waals surface area contributed by atoms with Gasteiger partial charge in [0.05, 0.1) is 0 Å². The lowest BCUT2D eigenvalue weighted by Gasteiger charge is -2.17. The number of hydrogen-bond donors (Lipinski definition) is 2. The van der Waals surface area contributed by atoms with Crippen molar-refractivity contribution in [3.05, 3.63) is 78.9 Å². The van der Waals surface area contributed by atoms with Gasteiger partial charge in [-0.05, 0) is 33.2 Å². The first-order valence-electron chi connectivity index (χ1n) is 8.23. The van der Waals surface area contributed by atoms with Crippen LogP contribution in [0.4, 0.5) is 0 Å². The Morgan fingerprint density at radius 2 is 1.32 bits per heavy atom. The summed E-state index contributed by atoms with van der Waals surface area (Å²) in [6, 6.07) is 26.4. The van der Waals surface area contributed by atoms with E-state index in [0.717, 1.165) is 32.7 Å². The maximum absolute atomic E-state index is 9.19. The van der Waals surface area contributed by atoms with Crippen LogP contribution in [0.3, 0.4) is 0 Å². The van der Waals surface area contributed by atoms with Crippen molar-refractivity contribution in [2.24, 2.45) is 0 Å². The minimum atomic E-state index is -1.51. The summed E-state index contributed by atoms with van der Waals surface area (Å²) in [7, 11) is 0. The van der Waals surface area contributed by atoms with Crippen molar-refractivity contribution < 1.29 is 14.9 Å².